The molecule has 0 aromatic heterocycles. The Labute approximate surface area is 125 Å². The van der Waals surface area contributed by atoms with Gasteiger partial charge in [-0.15, -0.1) is 0 Å². The Morgan fingerprint density at radius 1 is 1.19 bits per heavy atom. The molecule has 0 radical (unpaired) electrons. The van der Waals surface area contributed by atoms with Crippen molar-refractivity contribution in [2.45, 2.75) is 39.5 Å². The van der Waals surface area contributed by atoms with Crippen molar-refractivity contribution < 1.29 is 14.3 Å². The van der Waals surface area contributed by atoms with Crippen LogP contribution in [0.25, 0.3) is 0 Å². The van der Waals surface area contributed by atoms with Crippen molar-refractivity contribution in [1.29, 1.82) is 0 Å². The molecule has 1 heterocycles. The number of morpholine rings is 1. The molecule has 2 atom stereocenters. The summed E-state index contributed by atoms with van der Waals surface area (Å²) in [5.74, 6) is -0.0329. The number of carbonyl (C=O) groups is 2. The molecule has 0 bridgehead atoms. The van der Waals surface area contributed by atoms with Crippen LogP contribution in [0.1, 0.15) is 36.7 Å². The first kappa shape index (κ1) is 15.5. The summed E-state index contributed by atoms with van der Waals surface area (Å²) in [4.78, 5) is 25.2. The molecule has 1 aliphatic heterocycles. The summed E-state index contributed by atoms with van der Waals surface area (Å²) in [6.07, 6.45) is 0.133. The van der Waals surface area contributed by atoms with Crippen LogP contribution in [0.5, 0.6) is 0 Å². The third kappa shape index (κ3) is 4.29. The standard InChI is InChI=1S/C16H22N2O3/c1-11-9-18(10-12(2)21-11)16(20)15-6-4-14(5-7-15)8-17-13(3)19/h4-7,11-12H,8-10H2,1-3H3,(H,17,19)/t11-,12+. The normalized spacial score (nSPS) is 22.0. The fraction of sp³-hybridized carbons (Fsp3) is 0.500. The van der Waals surface area contributed by atoms with Crippen LogP contribution in [0.3, 0.4) is 0 Å². The number of nitrogens with zero attached hydrogens (tertiary/aromatic N) is 1. The number of nitrogens with one attached hydrogen (secondary N) is 1. The summed E-state index contributed by atoms with van der Waals surface area (Å²) < 4.78 is 5.64. The molecule has 2 rings (SSSR count). The van der Waals surface area contributed by atoms with Gasteiger partial charge >= 0.3 is 0 Å². The summed E-state index contributed by atoms with van der Waals surface area (Å²) in [6, 6.07) is 7.36. The molecule has 5 heteroatoms. The van der Waals surface area contributed by atoms with E-state index in [0.29, 0.717) is 25.2 Å². The molecule has 1 N–H and O–H groups in total. The minimum absolute atomic E-state index is 0.0306. The summed E-state index contributed by atoms with van der Waals surface area (Å²) in [5, 5.41) is 2.73. The number of benzene rings is 1. The first-order chi connectivity index (χ1) is 9.95. The summed E-state index contributed by atoms with van der Waals surface area (Å²) >= 11 is 0. The van der Waals surface area contributed by atoms with Crippen LogP contribution < -0.4 is 5.32 Å². The molecule has 1 fully saturated rings. The van der Waals surface area contributed by atoms with E-state index in [1.807, 2.05) is 43.0 Å². The molecular formula is C16H22N2O3. The van der Waals surface area contributed by atoms with Crippen LogP contribution >= 0.6 is 0 Å². The lowest BCUT2D eigenvalue weighted by Crippen LogP contribution is -2.48. The Bertz CT molecular complexity index is 503. The Morgan fingerprint density at radius 3 is 2.29 bits per heavy atom. The van der Waals surface area contributed by atoms with Crippen molar-refractivity contribution >= 4 is 11.8 Å². The quantitative estimate of drug-likeness (QED) is 0.919. The van der Waals surface area contributed by atoms with E-state index in [-0.39, 0.29) is 24.0 Å². The lowest BCUT2D eigenvalue weighted by Gasteiger charge is -2.35. The van der Waals surface area contributed by atoms with Gasteiger partial charge in [0.15, 0.2) is 0 Å². The molecule has 0 saturated carbocycles. The molecule has 1 aromatic rings. The summed E-state index contributed by atoms with van der Waals surface area (Å²) in [7, 11) is 0. The zero-order chi connectivity index (χ0) is 15.4. The van der Waals surface area contributed by atoms with E-state index < -0.39 is 0 Å². The number of rotatable bonds is 3. The number of carbonyl (C=O) groups excluding carboxylic acids is 2. The minimum Gasteiger partial charge on any atom is -0.372 e. The predicted molar refractivity (Wildman–Crippen MR) is 79.9 cm³/mol. The Hall–Kier alpha value is -1.88. The van der Waals surface area contributed by atoms with Crippen LogP contribution in [0.4, 0.5) is 0 Å². The van der Waals surface area contributed by atoms with Crippen molar-refractivity contribution in [2.75, 3.05) is 13.1 Å². The van der Waals surface area contributed by atoms with Crippen LogP contribution in [0.15, 0.2) is 24.3 Å². The van der Waals surface area contributed by atoms with E-state index in [1.54, 1.807) is 0 Å². The Kier molecular flexibility index (Phi) is 4.96. The maximum atomic E-state index is 12.5. The van der Waals surface area contributed by atoms with Gasteiger partial charge < -0.3 is 15.0 Å². The van der Waals surface area contributed by atoms with Crippen molar-refractivity contribution in [1.82, 2.24) is 10.2 Å². The van der Waals surface area contributed by atoms with E-state index in [9.17, 15) is 9.59 Å². The SMILES string of the molecule is CC(=O)NCc1ccc(C(=O)N2C[C@@H](C)O[C@@H](C)C2)cc1. The number of ether oxygens (including phenoxy) is 1. The fourth-order valence-electron chi connectivity index (χ4n) is 2.52. The highest BCUT2D eigenvalue weighted by atomic mass is 16.5. The van der Waals surface area contributed by atoms with Gasteiger partial charge in [-0.3, -0.25) is 9.59 Å². The molecule has 1 saturated heterocycles. The second kappa shape index (κ2) is 6.72. The van der Waals surface area contributed by atoms with E-state index in [2.05, 4.69) is 5.32 Å². The molecule has 114 valence electrons. The third-order valence-electron chi connectivity index (χ3n) is 3.45. The Morgan fingerprint density at radius 2 is 1.76 bits per heavy atom. The largest absolute Gasteiger partial charge is 0.372 e. The molecule has 0 aliphatic carbocycles. The maximum absolute atomic E-state index is 12.5. The van der Waals surface area contributed by atoms with Crippen molar-refractivity contribution in [2.24, 2.45) is 0 Å². The number of hydrogen-bond acceptors (Lipinski definition) is 3. The van der Waals surface area contributed by atoms with Crippen molar-refractivity contribution in [3.63, 3.8) is 0 Å². The third-order valence-corrected chi connectivity index (χ3v) is 3.45. The average Bonchev–Trinajstić information content (AvgIpc) is 2.44. The molecule has 0 spiro atoms. The maximum Gasteiger partial charge on any atom is 0.254 e. The lowest BCUT2D eigenvalue weighted by atomic mass is 10.1. The van der Waals surface area contributed by atoms with Crippen molar-refractivity contribution in [3.8, 4) is 0 Å². The van der Waals surface area contributed by atoms with Gasteiger partial charge in [0, 0.05) is 32.1 Å². The molecule has 5 nitrogen and oxygen atoms in total. The van der Waals surface area contributed by atoms with E-state index >= 15 is 0 Å². The van der Waals surface area contributed by atoms with Gasteiger partial charge in [-0.2, -0.15) is 0 Å². The summed E-state index contributed by atoms with van der Waals surface area (Å²) in [6.45, 7) is 7.17. The van der Waals surface area contributed by atoms with Crippen LogP contribution in [0.2, 0.25) is 0 Å². The van der Waals surface area contributed by atoms with Crippen molar-refractivity contribution in [3.05, 3.63) is 35.4 Å². The second-order valence-corrected chi connectivity index (χ2v) is 5.57. The van der Waals surface area contributed by atoms with E-state index in [1.165, 1.54) is 6.92 Å². The van der Waals surface area contributed by atoms with Gasteiger partial charge in [-0.25, -0.2) is 0 Å². The van der Waals surface area contributed by atoms with Gasteiger partial charge in [0.1, 0.15) is 0 Å². The van der Waals surface area contributed by atoms with Gasteiger partial charge in [-0.05, 0) is 31.5 Å². The van der Waals surface area contributed by atoms with Crippen LogP contribution in [-0.2, 0) is 16.1 Å². The second-order valence-electron chi connectivity index (χ2n) is 5.57. The lowest BCUT2D eigenvalue weighted by molar-refractivity contribution is -0.119. The number of amides is 2. The Balaban J connectivity index is 2.00. The molecular weight excluding hydrogens is 268 g/mol. The van der Waals surface area contributed by atoms with Gasteiger partial charge in [0.25, 0.3) is 5.91 Å². The number of hydrogen-bond donors (Lipinski definition) is 1. The first-order valence-electron chi connectivity index (χ1n) is 7.24. The van der Waals surface area contributed by atoms with Gasteiger partial charge in [-0.1, -0.05) is 12.1 Å². The van der Waals surface area contributed by atoms with Gasteiger partial charge in [0.2, 0.25) is 5.91 Å². The van der Waals surface area contributed by atoms with E-state index in [0.717, 1.165) is 5.56 Å². The van der Waals surface area contributed by atoms with Crippen LogP contribution in [-0.4, -0.2) is 42.0 Å². The first-order valence-corrected chi connectivity index (χ1v) is 7.24. The molecule has 1 aliphatic rings. The fourth-order valence-corrected chi connectivity index (χ4v) is 2.52. The molecule has 21 heavy (non-hydrogen) atoms. The zero-order valence-electron chi connectivity index (χ0n) is 12.8. The predicted octanol–water partition coefficient (Wildman–Crippen LogP) is 1.57. The minimum atomic E-state index is -0.0635. The van der Waals surface area contributed by atoms with E-state index in [4.69, 9.17) is 4.74 Å². The molecule has 1 aromatic carbocycles. The highest BCUT2D eigenvalue weighted by molar-refractivity contribution is 5.94. The smallest absolute Gasteiger partial charge is 0.254 e. The summed E-state index contributed by atoms with van der Waals surface area (Å²) in [5.41, 5.74) is 1.65. The highest BCUT2D eigenvalue weighted by Gasteiger charge is 2.26. The monoisotopic (exact) mass is 290 g/mol. The van der Waals surface area contributed by atoms with Crippen LogP contribution in [0, 0.1) is 0 Å². The molecule has 2 amide bonds. The zero-order valence-corrected chi connectivity index (χ0v) is 12.8. The molecule has 0 unspecified atom stereocenters. The average molecular weight is 290 g/mol. The highest BCUT2D eigenvalue weighted by Crippen LogP contribution is 2.15. The van der Waals surface area contributed by atoms with Gasteiger partial charge in [0.05, 0.1) is 12.2 Å². The topological polar surface area (TPSA) is 58.6 Å².